The van der Waals surface area contributed by atoms with E-state index in [1.165, 1.54) is 11.6 Å². The van der Waals surface area contributed by atoms with E-state index in [0.29, 0.717) is 17.3 Å². The molecule has 0 aromatic heterocycles. The van der Waals surface area contributed by atoms with Crippen LogP contribution in [-0.2, 0) is 11.2 Å². The molecule has 0 radical (unpaired) electrons. The Labute approximate surface area is 152 Å². The Hall–Kier alpha value is -3.08. The summed E-state index contributed by atoms with van der Waals surface area (Å²) in [6.07, 6.45) is 6.31. The number of carbonyl (C=O) groups excluding carboxylic acids is 2. The van der Waals surface area contributed by atoms with Gasteiger partial charge in [0, 0.05) is 29.8 Å². The molecule has 132 valence electrons. The van der Waals surface area contributed by atoms with Crippen molar-refractivity contribution < 1.29 is 14.3 Å². The van der Waals surface area contributed by atoms with E-state index < -0.39 is 0 Å². The first-order valence-corrected chi connectivity index (χ1v) is 8.83. The molecule has 1 aliphatic heterocycles. The van der Waals surface area contributed by atoms with E-state index in [1.807, 2.05) is 18.2 Å². The van der Waals surface area contributed by atoms with Crippen molar-refractivity contribution >= 4 is 23.6 Å². The van der Waals surface area contributed by atoms with E-state index in [2.05, 4.69) is 10.6 Å². The quantitative estimate of drug-likeness (QED) is 0.816. The van der Waals surface area contributed by atoms with Crippen LogP contribution in [0.1, 0.15) is 34.3 Å². The molecule has 26 heavy (non-hydrogen) atoms. The fraction of sp³-hybridized carbons (Fsp3) is 0.238. The molecule has 1 aliphatic carbocycles. The Morgan fingerprint density at radius 3 is 2.65 bits per heavy atom. The second-order valence-corrected chi connectivity index (χ2v) is 6.61. The van der Waals surface area contributed by atoms with Crippen LogP contribution in [0.2, 0.25) is 0 Å². The van der Waals surface area contributed by atoms with Crippen molar-refractivity contribution in [3.8, 4) is 5.75 Å². The minimum atomic E-state index is -0.211. The van der Waals surface area contributed by atoms with Crippen LogP contribution in [0.15, 0.2) is 48.5 Å². The SMILES string of the molecule is O=C(/C=C/c1ccc2c(c1)CCO2)Nc1ccc(C(=O)NC2CC2)cc1. The summed E-state index contributed by atoms with van der Waals surface area (Å²) in [7, 11) is 0. The molecular formula is C21H20N2O3. The van der Waals surface area contributed by atoms with E-state index in [-0.39, 0.29) is 11.8 Å². The third-order valence-corrected chi connectivity index (χ3v) is 4.47. The Morgan fingerprint density at radius 2 is 1.88 bits per heavy atom. The molecule has 4 rings (SSSR count). The molecule has 2 amide bonds. The van der Waals surface area contributed by atoms with E-state index in [4.69, 9.17) is 4.74 Å². The van der Waals surface area contributed by atoms with Crippen LogP contribution in [0.25, 0.3) is 6.08 Å². The average molecular weight is 348 g/mol. The molecule has 2 aromatic rings. The molecule has 5 heteroatoms. The normalized spacial score (nSPS) is 15.4. The number of hydrogen-bond donors (Lipinski definition) is 2. The Kier molecular flexibility index (Phi) is 4.44. The smallest absolute Gasteiger partial charge is 0.251 e. The van der Waals surface area contributed by atoms with Gasteiger partial charge >= 0.3 is 0 Å². The number of anilines is 1. The van der Waals surface area contributed by atoms with Crippen LogP contribution < -0.4 is 15.4 Å². The highest BCUT2D eigenvalue weighted by molar-refractivity contribution is 6.02. The lowest BCUT2D eigenvalue weighted by Gasteiger charge is -2.05. The number of rotatable bonds is 5. The molecule has 0 bridgehead atoms. The first kappa shape index (κ1) is 16.4. The Bertz CT molecular complexity index is 867. The highest BCUT2D eigenvalue weighted by atomic mass is 16.5. The number of fused-ring (bicyclic) bond motifs is 1. The molecule has 2 aromatic carbocycles. The van der Waals surface area contributed by atoms with E-state index >= 15 is 0 Å². The second-order valence-electron chi connectivity index (χ2n) is 6.61. The van der Waals surface area contributed by atoms with Crippen molar-refractivity contribution in [1.29, 1.82) is 0 Å². The predicted molar refractivity (Wildman–Crippen MR) is 100 cm³/mol. The predicted octanol–water partition coefficient (Wildman–Crippen LogP) is 3.17. The zero-order chi connectivity index (χ0) is 17.9. The van der Waals surface area contributed by atoms with Crippen molar-refractivity contribution in [2.24, 2.45) is 0 Å². The monoisotopic (exact) mass is 348 g/mol. The molecule has 2 N–H and O–H groups in total. The van der Waals surface area contributed by atoms with E-state index in [1.54, 1.807) is 30.3 Å². The lowest BCUT2D eigenvalue weighted by molar-refractivity contribution is -0.111. The summed E-state index contributed by atoms with van der Waals surface area (Å²) in [5.41, 5.74) is 3.40. The summed E-state index contributed by atoms with van der Waals surface area (Å²) < 4.78 is 5.48. The number of carbonyl (C=O) groups is 2. The van der Waals surface area contributed by atoms with Gasteiger partial charge in [-0.3, -0.25) is 9.59 Å². The molecular weight excluding hydrogens is 328 g/mol. The largest absolute Gasteiger partial charge is 0.493 e. The van der Waals surface area contributed by atoms with Gasteiger partial charge in [-0.1, -0.05) is 6.07 Å². The molecule has 0 saturated heterocycles. The number of benzene rings is 2. The third-order valence-electron chi connectivity index (χ3n) is 4.47. The van der Waals surface area contributed by atoms with Gasteiger partial charge in [0.25, 0.3) is 5.91 Å². The number of ether oxygens (including phenoxy) is 1. The molecule has 0 unspecified atom stereocenters. The maximum atomic E-state index is 12.1. The van der Waals surface area contributed by atoms with Crippen molar-refractivity contribution in [2.75, 3.05) is 11.9 Å². The number of nitrogens with one attached hydrogen (secondary N) is 2. The average Bonchev–Trinajstić information content (AvgIpc) is 3.33. The molecule has 0 spiro atoms. The van der Waals surface area contributed by atoms with E-state index in [0.717, 1.165) is 37.2 Å². The van der Waals surface area contributed by atoms with Gasteiger partial charge in [0.15, 0.2) is 0 Å². The lowest BCUT2D eigenvalue weighted by atomic mass is 10.1. The van der Waals surface area contributed by atoms with Crippen LogP contribution in [0, 0.1) is 0 Å². The summed E-state index contributed by atoms with van der Waals surface area (Å²) in [5, 5.41) is 5.74. The van der Waals surface area contributed by atoms with Gasteiger partial charge in [0.1, 0.15) is 5.75 Å². The summed E-state index contributed by atoms with van der Waals surface area (Å²) in [6, 6.07) is 13.2. The van der Waals surface area contributed by atoms with Crippen LogP contribution >= 0.6 is 0 Å². The van der Waals surface area contributed by atoms with Crippen LogP contribution in [0.4, 0.5) is 5.69 Å². The van der Waals surface area contributed by atoms with Gasteiger partial charge in [0.2, 0.25) is 5.91 Å². The zero-order valence-electron chi connectivity index (χ0n) is 14.3. The summed E-state index contributed by atoms with van der Waals surface area (Å²) in [5.74, 6) is 0.653. The second kappa shape index (κ2) is 7.04. The number of amides is 2. The van der Waals surface area contributed by atoms with Crippen LogP contribution in [0.3, 0.4) is 0 Å². The minimum absolute atomic E-state index is 0.0640. The zero-order valence-corrected chi connectivity index (χ0v) is 14.3. The maximum absolute atomic E-state index is 12.1. The molecule has 0 atom stereocenters. The van der Waals surface area contributed by atoms with Crippen molar-refractivity contribution in [3.05, 3.63) is 65.2 Å². The number of hydrogen-bond acceptors (Lipinski definition) is 3. The summed E-state index contributed by atoms with van der Waals surface area (Å²) >= 11 is 0. The standard InChI is InChI=1S/C21H20N2O3/c24-20(10-2-14-1-9-19-16(13-14)11-12-26-19)22-17-5-3-15(4-6-17)21(25)23-18-7-8-18/h1-6,9-10,13,18H,7-8,11-12H2,(H,22,24)(H,23,25)/b10-2+. The van der Waals surface area contributed by atoms with Crippen LogP contribution in [0.5, 0.6) is 5.75 Å². The van der Waals surface area contributed by atoms with Gasteiger partial charge in [-0.2, -0.15) is 0 Å². The Morgan fingerprint density at radius 1 is 1.08 bits per heavy atom. The molecule has 5 nitrogen and oxygen atoms in total. The highest BCUT2D eigenvalue weighted by Crippen LogP contribution is 2.26. The van der Waals surface area contributed by atoms with Crippen molar-refractivity contribution in [1.82, 2.24) is 5.32 Å². The maximum Gasteiger partial charge on any atom is 0.251 e. The first-order valence-electron chi connectivity index (χ1n) is 8.83. The fourth-order valence-corrected chi connectivity index (χ4v) is 2.87. The topological polar surface area (TPSA) is 67.4 Å². The van der Waals surface area contributed by atoms with Gasteiger partial charge in [-0.15, -0.1) is 0 Å². The first-order chi connectivity index (χ1) is 12.7. The van der Waals surface area contributed by atoms with Gasteiger partial charge < -0.3 is 15.4 Å². The van der Waals surface area contributed by atoms with Gasteiger partial charge in [0.05, 0.1) is 6.61 Å². The minimum Gasteiger partial charge on any atom is -0.493 e. The highest BCUT2D eigenvalue weighted by Gasteiger charge is 2.23. The van der Waals surface area contributed by atoms with Gasteiger partial charge in [-0.25, -0.2) is 0 Å². The molecule has 2 aliphatic rings. The fourth-order valence-electron chi connectivity index (χ4n) is 2.87. The Balaban J connectivity index is 1.34. The van der Waals surface area contributed by atoms with Gasteiger partial charge in [-0.05, 0) is 66.4 Å². The summed E-state index contributed by atoms with van der Waals surface area (Å²) in [6.45, 7) is 0.720. The van der Waals surface area contributed by atoms with Crippen molar-refractivity contribution in [2.45, 2.75) is 25.3 Å². The molecule has 1 saturated carbocycles. The third kappa shape index (κ3) is 3.94. The van der Waals surface area contributed by atoms with E-state index in [9.17, 15) is 9.59 Å². The molecule has 1 fully saturated rings. The van der Waals surface area contributed by atoms with Crippen molar-refractivity contribution in [3.63, 3.8) is 0 Å². The van der Waals surface area contributed by atoms with Crippen LogP contribution in [-0.4, -0.2) is 24.5 Å². The summed E-state index contributed by atoms with van der Waals surface area (Å²) in [4.78, 5) is 24.0. The lowest BCUT2D eigenvalue weighted by Crippen LogP contribution is -2.25. The molecule has 1 heterocycles.